The Balaban J connectivity index is 1.74. The SMILES string of the molecule is Cc1cccc(C)c1NC(=O)CN1C(=O)S/C(=C\c2ccc(O)c(I)c2)C1=O. The van der Waals surface area contributed by atoms with Crippen LogP contribution in [0.15, 0.2) is 41.3 Å². The zero-order valence-electron chi connectivity index (χ0n) is 15.2. The average molecular weight is 508 g/mol. The van der Waals surface area contributed by atoms with Crippen LogP contribution in [0.5, 0.6) is 5.75 Å². The molecular formula is C20H17IN2O4S. The monoisotopic (exact) mass is 508 g/mol. The lowest BCUT2D eigenvalue weighted by atomic mass is 10.1. The maximum atomic E-state index is 12.6. The summed E-state index contributed by atoms with van der Waals surface area (Å²) in [6, 6.07) is 10.5. The summed E-state index contributed by atoms with van der Waals surface area (Å²) in [6.45, 7) is 3.41. The molecule has 2 N–H and O–H groups in total. The Morgan fingerprint density at radius 2 is 1.89 bits per heavy atom. The molecule has 3 amide bonds. The topological polar surface area (TPSA) is 86.7 Å². The number of nitrogens with zero attached hydrogens (tertiary/aromatic N) is 1. The second kappa shape index (κ2) is 8.36. The number of carbonyl (C=O) groups is 3. The number of thioether (sulfide) groups is 1. The number of rotatable bonds is 4. The van der Waals surface area contributed by atoms with Crippen LogP contribution < -0.4 is 5.32 Å². The standard InChI is InChI=1S/C20H17IN2O4S/c1-11-4-3-5-12(2)18(11)22-17(25)10-23-19(26)16(28-20(23)27)9-13-6-7-15(24)14(21)8-13/h3-9,24H,10H2,1-2H3,(H,22,25)/b16-9-. The summed E-state index contributed by atoms with van der Waals surface area (Å²) in [5.41, 5.74) is 3.19. The van der Waals surface area contributed by atoms with E-state index in [4.69, 9.17) is 0 Å². The molecule has 2 aromatic carbocycles. The molecule has 1 aliphatic heterocycles. The third-order valence-corrected chi connectivity index (χ3v) is 5.96. The van der Waals surface area contributed by atoms with E-state index in [1.807, 2.05) is 54.6 Å². The first-order valence-corrected chi connectivity index (χ1v) is 10.3. The minimum atomic E-state index is -0.505. The number of imide groups is 1. The molecule has 1 heterocycles. The van der Waals surface area contributed by atoms with Crippen molar-refractivity contribution in [1.82, 2.24) is 4.90 Å². The summed E-state index contributed by atoms with van der Waals surface area (Å²) in [7, 11) is 0. The fourth-order valence-corrected chi connectivity index (χ4v) is 4.11. The van der Waals surface area contributed by atoms with Crippen molar-refractivity contribution < 1.29 is 19.5 Å². The molecule has 0 aromatic heterocycles. The van der Waals surface area contributed by atoms with Crippen molar-refractivity contribution in [3.63, 3.8) is 0 Å². The van der Waals surface area contributed by atoms with E-state index in [9.17, 15) is 19.5 Å². The van der Waals surface area contributed by atoms with Gasteiger partial charge in [0.05, 0.1) is 8.48 Å². The lowest BCUT2D eigenvalue weighted by molar-refractivity contribution is -0.127. The molecule has 1 aliphatic rings. The maximum absolute atomic E-state index is 12.6. The van der Waals surface area contributed by atoms with Gasteiger partial charge >= 0.3 is 0 Å². The third kappa shape index (κ3) is 4.39. The van der Waals surface area contributed by atoms with Gasteiger partial charge < -0.3 is 10.4 Å². The summed E-state index contributed by atoms with van der Waals surface area (Å²) >= 11 is 2.78. The molecule has 1 fully saturated rings. The molecule has 0 bridgehead atoms. The van der Waals surface area contributed by atoms with Crippen LogP contribution in [0.2, 0.25) is 0 Å². The van der Waals surface area contributed by atoms with Crippen LogP contribution in [0, 0.1) is 17.4 Å². The highest BCUT2D eigenvalue weighted by Crippen LogP contribution is 2.33. The van der Waals surface area contributed by atoms with Crippen molar-refractivity contribution in [2.45, 2.75) is 13.8 Å². The van der Waals surface area contributed by atoms with Crippen molar-refractivity contribution in [1.29, 1.82) is 0 Å². The van der Waals surface area contributed by atoms with Crippen LogP contribution in [-0.4, -0.2) is 33.6 Å². The Hall–Kier alpha value is -2.33. The van der Waals surface area contributed by atoms with Crippen LogP contribution >= 0.6 is 34.4 Å². The molecule has 0 unspecified atom stereocenters. The number of aryl methyl sites for hydroxylation is 2. The minimum absolute atomic E-state index is 0.147. The molecule has 144 valence electrons. The normalized spacial score (nSPS) is 15.4. The highest BCUT2D eigenvalue weighted by Gasteiger charge is 2.36. The predicted octanol–water partition coefficient (Wildman–Crippen LogP) is 4.29. The van der Waals surface area contributed by atoms with Crippen molar-refractivity contribution in [3.05, 3.63) is 61.6 Å². The average Bonchev–Trinajstić information content (AvgIpc) is 2.89. The number of hydrogen-bond donors (Lipinski definition) is 2. The van der Waals surface area contributed by atoms with Gasteiger partial charge in [-0.3, -0.25) is 19.3 Å². The van der Waals surface area contributed by atoms with E-state index in [1.54, 1.807) is 18.2 Å². The summed E-state index contributed by atoms with van der Waals surface area (Å²) in [6.07, 6.45) is 1.58. The number of nitrogens with one attached hydrogen (secondary N) is 1. The first-order valence-electron chi connectivity index (χ1n) is 8.36. The van der Waals surface area contributed by atoms with E-state index in [0.717, 1.165) is 27.8 Å². The van der Waals surface area contributed by atoms with Gasteiger partial charge in [0.15, 0.2) is 0 Å². The van der Waals surface area contributed by atoms with Crippen molar-refractivity contribution >= 4 is 63.2 Å². The molecule has 0 radical (unpaired) electrons. The molecule has 0 atom stereocenters. The highest BCUT2D eigenvalue weighted by atomic mass is 127. The number of para-hydroxylation sites is 1. The molecule has 0 spiro atoms. The Morgan fingerprint density at radius 1 is 1.21 bits per heavy atom. The molecule has 6 nitrogen and oxygen atoms in total. The maximum Gasteiger partial charge on any atom is 0.294 e. The summed E-state index contributed by atoms with van der Waals surface area (Å²) in [5.74, 6) is -0.788. The molecular weight excluding hydrogens is 491 g/mol. The van der Waals surface area contributed by atoms with Gasteiger partial charge in [-0.25, -0.2) is 0 Å². The summed E-state index contributed by atoms with van der Waals surface area (Å²) in [4.78, 5) is 38.4. The van der Waals surface area contributed by atoms with Crippen molar-refractivity contribution in [2.75, 3.05) is 11.9 Å². The van der Waals surface area contributed by atoms with Crippen molar-refractivity contribution in [2.24, 2.45) is 0 Å². The number of halogens is 1. The van der Waals surface area contributed by atoms with Gasteiger partial charge in [0, 0.05) is 5.69 Å². The number of aromatic hydroxyl groups is 1. The van der Waals surface area contributed by atoms with Gasteiger partial charge in [0.1, 0.15) is 12.3 Å². The fraction of sp³-hybridized carbons (Fsp3) is 0.150. The molecule has 2 aromatic rings. The van der Waals surface area contributed by atoms with E-state index in [0.29, 0.717) is 14.8 Å². The third-order valence-electron chi connectivity index (χ3n) is 4.19. The fourth-order valence-electron chi connectivity index (χ4n) is 2.73. The van der Waals surface area contributed by atoms with Gasteiger partial charge in [0.25, 0.3) is 11.1 Å². The van der Waals surface area contributed by atoms with E-state index >= 15 is 0 Å². The van der Waals surface area contributed by atoms with Crippen LogP contribution in [-0.2, 0) is 9.59 Å². The number of phenols is 1. The molecule has 8 heteroatoms. The van der Waals surface area contributed by atoms with Crippen LogP contribution in [0.3, 0.4) is 0 Å². The largest absolute Gasteiger partial charge is 0.507 e. The Bertz CT molecular complexity index is 999. The number of carbonyl (C=O) groups excluding carboxylic acids is 3. The first kappa shape index (κ1) is 20.4. The smallest absolute Gasteiger partial charge is 0.294 e. The van der Waals surface area contributed by atoms with Gasteiger partial charge in [-0.1, -0.05) is 24.3 Å². The van der Waals surface area contributed by atoms with E-state index in [1.165, 1.54) is 6.07 Å². The number of phenolic OH excluding ortho intramolecular Hbond substituents is 1. The van der Waals surface area contributed by atoms with E-state index < -0.39 is 17.1 Å². The van der Waals surface area contributed by atoms with Gasteiger partial charge in [-0.05, 0) is 83.1 Å². The Kier molecular flexibility index (Phi) is 6.09. The summed E-state index contributed by atoms with van der Waals surface area (Å²) in [5, 5.41) is 11.9. The number of hydrogen-bond acceptors (Lipinski definition) is 5. The van der Waals surface area contributed by atoms with Crippen LogP contribution in [0.4, 0.5) is 10.5 Å². The lowest BCUT2D eigenvalue weighted by Crippen LogP contribution is -2.36. The summed E-state index contributed by atoms with van der Waals surface area (Å²) < 4.78 is 0.638. The molecule has 0 aliphatic carbocycles. The predicted molar refractivity (Wildman–Crippen MR) is 118 cm³/mol. The highest BCUT2D eigenvalue weighted by molar-refractivity contribution is 14.1. The number of benzene rings is 2. The van der Waals surface area contributed by atoms with Crippen LogP contribution in [0.1, 0.15) is 16.7 Å². The van der Waals surface area contributed by atoms with Crippen molar-refractivity contribution in [3.8, 4) is 5.75 Å². The minimum Gasteiger partial charge on any atom is -0.507 e. The van der Waals surface area contributed by atoms with Gasteiger partial charge in [0.2, 0.25) is 5.91 Å². The van der Waals surface area contributed by atoms with E-state index in [2.05, 4.69) is 5.32 Å². The Labute approximate surface area is 180 Å². The molecule has 28 heavy (non-hydrogen) atoms. The second-order valence-electron chi connectivity index (χ2n) is 6.29. The van der Waals surface area contributed by atoms with Gasteiger partial charge in [-0.2, -0.15) is 0 Å². The lowest BCUT2D eigenvalue weighted by Gasteiger charge is -2.15. The molecule has 3 rings (SSSR count). The first-order chi connectivity index (χ1) is 13.3. The van der Waals surface area contributed by atoms with Gasteiger partial charge in [-0.15, -0.1) is 0 Å². The number of amides is 3. The second-order valence-corrected chi connectivity index (χ2v) is 8.45. The van der Waals surface area contributed by atoms with Crippen LogP contribution in [0.25, 0.3) is 6.08 Å². The zero-order valence-corrected chi connectivity index (χ0v) is 18.1. The molecule has 0 saturated carbocycles. The number of anilines is 1. The zero-order chi connectivity index (χ0) is 20.4. The van der Waals surface area contributed by atoms with E-state index in [-0.39, 0.29) is 17.2 Å². The quantitative estimate of drug-likeness (QED) is 0.476. The Morgan fingerprint density at radius 3 is 2.54 bits per heavy atom. The molecule has 1 saturated heterocycles.